The first-order valence-corrected chi connectivity index (χ1v) is 17.6. The number of phenolic OH excluding ortho intramolecular Hbond substituents is 2. The number of fused-ring (bicyclic) bond motifs is 4. The zero-order valence-electron chi connectivity index (χ0n) is 28.9. The molecule has 2 heterocycles. The zero-order chi connectivity index (χ0) is 36.3. The summed E-state index contributed by atoms with van der Waals surface area (Å²) in [7, 11) is 1.50. The van der Waals surface area contributed by atoms with E-state index < -0.39 is 46.8 Å². The van der Waals surface area contributed by atoms with Crippen LogP contribution in [0.5, 0.6) is 17.2 Å². The number of nitrogens with zero attached hydrogens (tertiary/aromatic N) is 2. The number of likely N-dealkylation sites (tertiary alicyclic amines) is 1. The number of allylic oxidation sites excluding steroid dienone is 2. The minimum Gasteiger partial charge on any atom is -0.508 e. The van der Waals surface area contributed by atoms with Crippen LogP contribution in [0.1, 0.15) is 41.0 Å². The van der Waals surface area contributed by atoms with E-state index in [-0.39, 0.29) is 42.7 Å². The van der Waals surface area contributed by atoms with Crippen molar-refractivity contribution in [3.63, 3.8) is 0 Å². The third kappa shape index (κ3) is 5.07. The number of anilines is 1. The molecule has 4 amide bonds. The van der Waals surface area contributed by atoms with Crippen LogP contribution in [-0.2, 0) is 31.0 Å². The Labute approximate surface area is 301 Å². The standard InChI is InChI=1S/C42H39N3O7/c1-24-8-12-27(13-9-24)43-45-39(49)34-23-33-30(18-19-32-36(33)40(50)44(38(32)48)21-20-25-10-14-28(46)15-11-25)37(31-17-16-29(52-2)22-35(31)47)42(34,41(45)51)26-6-4-3-5-7-26/h3-18,22,32-34,36-37,43,46-47H,19-21,23H2,1-2H3/t32-,33+,34-,36-,37+,42+/m0/s1. The molecule has 4 aromatic carbocycles. The first-order chi connectivity index (χ1) is 25.1. The molecule has 4 aliphatic rings. The van der Waals surface area contributed by atoms with Crippen molar-refractivity contribution in [2.24, 2.45) is 23.7 Å². The molecule has 52 heavy (non-hydrogen) atoms. The van der Waals surface area contributed by atoms with Gasteiger partial charge in [0.1, 0.15) is 17.2 Å². The molecule has 0 spiro atoms. The Balaban J connectivity index is 1.26. The Bertz CT molecular complexity index is 2110. The van der Waals surface area contributed by atoms with Gasteiger partial charge in [-0.25, -0.2) is 0 Å². The lowest BCUT2D eigenvalue weighted by molar-refractivity contribution is -0.141. The number of hydrogen-bond donors (Lipinski definition) is 3. The van der Waals surface area contributed by atoms with E-state index in [2.05, 4.69) is 5.43 Å². The molecule has 10 nitrogen and oxygen atoms in total. The van der Waals surface area contributed by atoms with Gasteiger partial charge in [-0.15, -0.1) is 0 Å². The third-order valence-electron chi connectivity index (χ3n) is 11.6. The van der Waals surface area contributed by atoms with Crippen molar-refractivity contribution in [1.82, 2.24) is 9.91 Å². The van der Waals surface area contributed by atoms with Gasteiger partial charge >= 0.3 is 0 Å². The van der Waals surface area contributed by atoms with Crippen LogP contribution >= 0.6 is 0 Å². The van der Waals surface area contributed by atoms with Crippen LogP contribution in [0.25, 0.3) is 0 Å². The second-order valence-corrected chi connectivity index (χ2v) is 14.3. The third-order valence-corrected chi connectivity index (χ3v) is 11.6. The molecule has 264 valence electrons. The second-order valence-electron chi connectivity index (χ2n) is 14.3. The molecule has 0 unspecified atom stereocenters. The first kappa shape index (κ1) is 33.3. The van der Waals surface area contributed by atoms with Crippen molar-refractivity contribution in [3.05, 3.63) is 131 Å². The molecule has 2 saturated heterocycles. The molecule has 4 aromatic rings. The summed E-state index contributed by atoms with van der Waals surface area (Å²) in [6.07, 6.45) is 2.85. The van der Waals surface area contributed by atoms with Gasteiger partial charge in [0.2, 0.25) is 11.8 Å². The Morgan fingerprint density at radius 2 is 1.58 bits per heavy atom. The largest absolute Gasteiger partial charge is 0.508 e. The summed E-state index contributed by atoms with van der Waals surface area (Å²) in [6.45, 7) is 2.14. The van der Waals surface area contributed by atoms with E-state index in [1.807, 2.05) is 67.6 Å². The maximum Gasteiger partial charge on any atom is 0.260 e. The highest BCUT2D eigenvalue weighted by Crippen LogP contribution is 2.65. The number of ether oxygens (including phenoxy) is 1. The number of amides is 4. The highest BCUT2D eigenvalue weighted by Gasteiger charge is 2.70. The van der Waals surface area contributed by atoms with E-state index >= 15 is 4.79 Å². The summed E-state index contributed by atoms with van der Waals surface area (Å²) in [4.78, 5) is 59.7. The van der Waals surface area contributed by atoms with Crippen LogP contribution in [0, 0.1) is 30.6 Å². The van der Waals surface area contributed by atoms with Crippen molar-refractivity contribution in [2.45, 2.75) is 37.5 Å². The number of phenols is 2. The lowest BCUT2D eigenvalue weighted by Gasteiger charge is -2.50. The lowest BCUT2D eigenvalue weighted by Crippen LogP contribution is -2.53. The molecule has 6 atom stereocenters. The number of benzene rings is 4. The van der Waals surface area contributed by atoms with Gasteiger partial charge in [0.15, 0.2) is 0 Å². The maximum atomic E-state index is 15.2. The molecule has 1 saturated carbocycles. The molecule has 0 bridgehead atoms. The number of methoxy groups -OCH3 is 1. The molecule has 3 fully saturated rings. The zero-order valence-corrected chi connectivity index (χ0v) is 28.9. The van der Waals surface area contributed by atoms with Gasteiger partial charge in [0.25, 0.3) is 11.8 Å². The maximum absolute atomic E-state index is 15.2. The van der Waals surface area contributed by atoms with E-state index in [4.69, 9.17) is 4.74 Å². The Morgan fingerprint density at radius 1 is 0.846 bits per heavy atom. The van der Waals surface area contributed by atoms with Gasteiger partial charge in [-0.1, -0.05) is 77.9 Å². The van der Waals surface area contributed by atoms with Gasteiger partial charge < -0.3 is 14.9 Å². The van der Waals surface area contributed by atoms with Crippen molar-refractivity contribution >= 4 is 29.3 Å². The van der Waals surface area contributed by atoms with Crippen molar-refractivity contribution < 1.29 is 34.1 Å². The van der Waals surface area contributed by atoms with Gasteiger partial charge in [0, 0.05) is 24.1 Å². The van der Waals surface area contributed by atoms with Crippen LogP contribution < -0.4 is 10.2 Å². The average Bonchev–Trinajstić information content (AvgIpc) is 3.53. The Morgan fingerprint density at radius 3 is 2.27 bits per heavy atom. The van der Waals surface area contributed by atoms with Crippen LogP contribution in [-0.4, -0.2) is 57.4 Å². The number of aryl methyl sites for hydroxylation is 1. The summed E-state index contributed by atoms with van der Waals surface area (Å²) >= 11 is 0. The smallest absolute Gasteiger partial charge is 0.260 e. The Hall–Kier alpha value is -5.90. The first-order valence-electron chi connectivity index (χ1n) is 17.6. The fourth-order valence-electron chi connectivity index (χ4n) is 9.18. The number of imide groups is 2. The molecule has 3 N–H and O–H groups in total. The van der Waals surface area contributed by atoms with Crippen molar-refractivity contribution in [1.29, 1.82) is 0 Å². The van der Waals surface area contributed by atoms with E-state index in [0.717, 1.165) is 21.7 Å². The van der Waals surface area contributed by atoms with Crippen molar-refractivity contribution in [3.8, 4) is 17.2 Å². The SMILES string of the molecule is COc1ccc([C@H]2C3=CC[C@@H]4C(=O)N(CCc5ccc(O)cc5)C(=O)[C@@H]4[C@@H]3C[C@H]3C(=O)N(Nc4ccc(C)cc4)C(=O)[C@@]23c2ccccc2)c(O)c1. The van der Waals surface area contributed by atoms with E-state index in [1.54, 1.807) is 36.4 Å². The summed E-state index contributed by atoms with van der Waals surface area (Å²) in [5, 5.41) is 22.5. The van der Waals surface area contributed by atoms with E-state index in [9.17, 15) is 24.6 Å². The molecular weight excluding hydrogens is 658 g/mol. The summed E-state index contributed by atoms with van der Waals surface area (Å²) in [5.74, 6) is -4.63. The van der Waals surface area contributed by atoms with E-state index in [0.29, 0.717) is 29.0 Å². The topological polar surface area (TPSA) is 136 Å². The molecule has 2 aliphatic heterocycles. The fraction of sp³-hybridized carbons (Fsp3) is 0.286. The number of hydrazine groups is 1. The van der Waals surface area contributed by atoms with Gasteiger partial charge in [-0.2, -0.15) is 5.01 Å². The number of hydrogen-bond acceptors (Lipinski definition) is 8. The number of carbonyl (C=O) groups is 4. The minimum atomic E-state index is -1.48. The molecule has 0 aromatic heterocycles. The van der Waals surface area contributed by atoms with Gasteiger partial charge in [0.05, 0.1) is 36.0 Å². The molecule has 10 heteroatoms. The molecule has 8 rings (SSSR count). The number of aromatic hydroxyl groups is 2. The highest BCUT2D eigenvalue weighted by molar-refractivity contribution is 6.13. The van der Waals surface area contributed by atoms with Crippen molar-refractivity contribution in [2.75, 3.05) is 19.1 Å². The van der Waals surface area contributed by atoms with Crippen LogP contribution in [0.4, 0.5) is 5.69 Å². The summed E-state index contributed by atoms with van der Waals surface area (Å²) in [5.41, 5.74) is 5.90. The normalized spacial score (nSPS) is 26.5. The van der Waals surface area contributed by atoms with Crippen LogP contribution in [0.3, 0.4) is 0 Å². The highest BCUT2D eigenvalue weighted by atomic mass is 16.5. The molecule has 2 aliphatic carbocycles. The summed E-state index contributed by atoms with van der Waals surface area (Å²) in [6, 6.07) is 28.3. The average molecular weight is 698 g/mol. The predicted molar refractivity (Wildman–Crippen MR) is 192 cm³/mol. The molecular formula is C42H39N3O7. The number of carbonyl (C=O) groups excluding carboxylic acids is 4. The van der Waals surface area contributed by atoms with Crippen LogP contribution in [0.15, 0.2) is 109 Å². The summed E-state index contributed by atoms with van der Waals surface area (Å²) < 4.78 is 5.41. The second kappa shape index (κ2) is 12.7. The quantitative estimate of drug-likeness (QED) is 0.159. The number of nitrogens with one attached hydrogen (secondary N) is 1. The van der Waals surface area contributed by atoms with Crippen LogP contribution in [0.2, 0.25) is 0 Å². The Kier molecular flexibility index (Phi) is 8.12. The van der Waals surface area contributed by atoms with E-state index in [1.165, 1.54) is 18.1 Å². The lowest BCUT2D eigenvalue weighted by atomic mass is 9.49. The van der Waals surface area contributed by atoms with Gasteiger partial charge in [-0.05, 0) is 73.6 Å². The van der Waals surface area contributed by atoms with Gasteiger partial charge in [-0.3, -0.25) is 29.5 Å². The fourth-order valence-corrected chi connectivity index (χ4v) is 9.18. The minimum absolute atomic E-state index is 0.100. The monoisotopic (exact) mass is 697 g/mol. The number of rotatable bonds is 8. The molecule has 0 radical (unpaired) electrons. The predicted octanol–water partition coefficient (Wildman–Crippen LogP) is 5.64.